The third kappa shape index (κ3) is 3.79. The summed E-state index contributed by atoms with van der Waals surface area (Å²) in [5, 5.41) is 9.19. The van der Waals surface area contributed by atoms with Crippen molar-refractivity contribution >= 4 is 5.91 Å². The van der Waals surface area contributed by atoms with Gasteiger partial charge in [-0.3, -0.25) is 9.59 Å². The lowest BCUT2D eigenvalue weighted by Gasteiger charge is -2.31. The largest absolute Gasteiger partial charge is 0.396 e. The van der Waals surface area contributed by atoms with Gasteiger partial charge in [-0.25, -0.2) is 4.39 Å². The zero-order valence-electron chi connectivity index (χ0n) is 13.9. The Balaban J connectivity index is 1.80. The lowest BCUT2D eigenvalue weighted by Crippen LogP contribution is -2.42. The molecule has 0 spiro atoms. The first-order chi connectivity index (χ1) is 12.1. The van der Waals surface area contributed by atoms with Crippen LogP contribution >= 0.6 is 0 Å². The van der Waals surface area contributed by atoms with Crippen LogP contribution in [0.4, 0.5) is 4.39 Å². The first-order valence-corrected chi connectivity index (χ1v) is 8.43. The Hall–Kier alpha value is -2.47. The molecule has 2 heterocycles. The van der Waals surface area contributed by atoms with E-state index < -0.39 is 5.56 Å². The summed E-state index contributed by atoms with van der Waals surface area (Å²) in [5.74, 6) is -0.459. The molecule has 0 saturated carbocycles. The molecule has 1 aliphatic heterocycles. The second kappa shape index (κ2) is 7.61. The van der Waals surface area contributed by atoms with Gasteiger partial charge in [-0.2, -0.15) is 0 Å². The molecule has 2 aromatic rings. The Morgan fingerprint density at radius 3 is 2.56 bits per heavy atom. The Morgan fingerprint density at radius 2 is 1.88 bits per heavy atom. The molecule has 1 aliphatic rings. The molecule has 6 heteroatoms. The first kappa shape index (κ1) is 17.4. The molecule has 3 rings (SSSR count). The molecule has 1 amide bonds. The summed E-state index contributed by atoms with van der Waals surface area (Å²) in [6.07, 6.45) is 3.03. The molecule has 0 aliphatic carbocycles. The van der Waals surface area contributed by atoms with Crippen LogP contribution in [0.3, 0.4) is 0 Å². The monoisotopic (exact) mass is 344 g/mol. The third-order valence-electron chi connectivity index (χ3n) is 4.71. The van der Waals surface area contributed by atoms with Gasteiger partial charge in [0.1, 0.15) is 11.4 Å². The second-order valence-electron chi connectivity index (χ2n) is 6.36. The quantitative estimate of drug-likeness (QED) is 0.921. The van der Waals surface area contributed by atoms with Crippen LogP contribution in [-0.2, 0) is 6.54 Å². The molecule has 25 heavy (non-hydrogen) atoms. The van der Waals surface area contributed by atoms with Crippen molar-refractivity contribution in [1.82, 2.24) is 9.47 Å². The molecule has 1 N–H and O–H groups in total. The van der Waals surface area contributed by atoms with E-state index in [-0.39, 0.29) is 36.4 Å². The van der Waals surface area contributed by atoms with E-state index in [1.807, 2.05) is 0 Å². The lowest BCUT2D eigenvalue weighted by molar-refractivity contribution is 0.0648. The lowest BCUT2D eigenvalue weighted by atomic mass is 9.97. The number of likely N-dealkylation sites (tertiary alicyclic amines) is 1. The molecule has 1 aromatic carbocycles. The van der Waals surface area contributed by atoms with Crippen molar-refractivity contribution in [2.45, 2.75) is 19.4 Å². The van der Waals surface area contributed by atoms with E-state index in [1.165, 1.54) is 16.7 Å². The van der Waals surface area contributed by atoms with Crippen LogP contribution in [0.25, 0.3) is 0 Å². The number of pyridine rings is 1. The summed E-state index contributed by atoms with van der Waals surface area (Å²) in [6, 6.07) is 9.43. The fourth-order valence-electron chi connectivity index (χ4n) is 3.12. The molecule has 0 atom stereocenters. The molecular weight excluding hydrogens is 323 g/mol. The number of amides is 1. The van der Waals surface area contributed by atoms with Crippen LogP contribution in [0.5, 0.6) is 0 Å². The van der Waals surface area contributed by atoms with E-state index in [2.05, 4.69) is 0 Å². The van der Waals surface area contributed by atoms with Gasteiger partial charge < -0.3 is 14.6 Å². The first-order valence-electron chi connectivity index (χ1n) is 8.43. The van der Waals surface area contributed by atoms with Gasteiger partial charge in [-0.1, -0.05) is 18.2 Å². The maximum atomic E-state index is 13.8. The van der Waals surface area contributed by atoms with E-state index in [0.717, 1.165) is 12.8 Å². The molecule has 1 aromatic heterocycles. The van der Waals surface area contributed by atoms with E-state index in [9.17, 15) is 19.1 Å². The van der Waals surface area contributed by atoms with Crippen molar-refractivity contribution in [1.29, 1.82) is 0 Å². The number of carbonyl (C=O) groups is 1. The fourth-order valence-corrected chi connectivity index (χ4v) is 3.12. The number of piperidine rings is 1. The number of carbonyl (C=O) groups excluding carboxylic acids is 1. The number of aliphatic hydroxyl groups excluding tert-OH is 1. The highest BCUT2D eigenvalue weighted by atomic mass is 19.1. The minimum absolute atomic E-state index is 0.0826. The van der Waals surface area contributed by atoms with Crippen LogP contribution in [0.15, 0.2) is 47.4 Å². The van der Waals surface area contributed by atoms with E-state index in [0.29, 0.717) is 18.7 Å². The molecular formula is C19H21FN2O3. The maximum Gasteiger partial charge on any atom is 0.263 e. The van der Waals surface area contributed by atoms with Crippen molar-refractivity contribution in [2.24, 2.45) is 5.92 Å². The standard InChI is InChI=1S/C19H21FN2O3/c20-17-6-2-1-4-15(17)12-22-9-3-5-16(19(22)25)18(24)21-10-7-14(13-23)8-11-21/h1-6,9,14,23H,7-8,10-13H2. The molecule has 0 bridgehead atoms. The predicted octanol–water partition coefficient (Wildman–Crippen LogP) is 1.88. The summed E-state index contributed by atoms with van der Waals surface area (Å²) < 4.78 is 15.2. The predicted molar refractivity (Wildman–Crippen MR) is 91.9 cm³/mol. The van der Waals surface area contributed by atoms with Gasteiger partial charge in [-0.15, -0.1) is 0 Å². The van der Waals surface area contributed by atoms with Gasteiger partial charge in [0.15, 0.2) is 0 Å². The van der Waals surface area contributed by atoms with Gasteiger partial charge in [-0.05, 0) is 37.0 Å². The van der Waals surface area contributed by atoms with Crippen molar-refractivity contribution in [3.8, 4) is 0 Å². The summed E-state index contributed by atoms with van der Waals surface area (Å²) in [5.41, 5.74) is 0.0827. The average molecular weight is 344 g/mol. The number of benzene rings is 1. The summed E-state index contributed by atoms with van der Waals surface area (Å²) >= 11 is 0. The molecule has 1 fully saturated rings. The number of aromatic nitrogens is 1. The third-order valence-corrected chi connectivity index (χ3v) is 4.71. The fraction of sp³-hybridized carbons (Fsp3) is 0.368. The molecule has 132 valence electrons. The SMILES string of the molecule is O=C(c1cccn(Cc2ccccc2F)c1=O)N1CCC(CO)CC1. The molecule has 1 saturated heterocycles. The Labute approximate surface area is 145 Å². The van der Waals surface area contributed by atoms with Gasteiger partial charge in [0.2, 0.25) is 0 Å². The van der Waals surface area contributed by atoms with Crippen LogP contribution in [0, 0.1) is 11.7 Å². The molecule has 5 nitrogen and oxygen atoms in total. The number of aliphatic hydroxyl groups is 1. The van der Waals surface area contributed by atoms with E-state index >= 15 is 0 Å². The van der Waals surface area contributed by atoms with Crippen LogP contribution in [0.2, 0.25) is 0 Å². The van der Waals surface area contributed by atoms with Crippen LogP contribution in [-0.4, -0.2) is 40.2 Å². The van der Waals surface area contributed by atoms with Crippen LogP contribution < -0.4 is 5.56 Å². The number of hydrogen-bond donors (Lipinski definition) is 1. The zero-order chi connectivity index (χ0) is 17.8. The van der Waals surface area contributed by atoms with Crippen molar-refractivity contribution in [3.05, 3.63) is 69.9 Å². The van der Waals surface area contributed by atoms with Gasteiger partial charge in [0, 0.05) is 31.5 Å². The van der Waals surface area contributed by atoms with Crippen molar-refractivity contribution < 1.29 is 14.3 Å². The average Bonchev–Trinajstić information content (AvgIpc) is 2.65. The zero-order valence-corrected chi connectivity index (χ0v) is 13.9. The number of nitrogens with zero attached hydrogens (tertiary/aromatic N) is 2. The van der Waals surface area contributed by atoms with Crippen molar-refractivity contribution in [3.63, 3.8) is 0 Å². The van der Waals surface area contributed by atoms with E-state index in [4.69, 9.17) is 0 Å². The second-order valence-corrected chi connectivity index (χ2v) is 6.36. The Bertz CT molecular complexity index is 810. The smallest absolute Gasteiger partial charge is 0.263 e. The normalized spacial score (nSPS) is 15.4. The number of hydrogen-bond acceptors (Lipinski definition) is 3. The van der Waals surface area contributed by atoms with E-state index in [1.54, 1.807) is 35.4 Å². The highest BCUT2D eigenvalue weighted by molar-refractivity contribution is 5.93. The van der Waals surface area contributed by atoms with Gasteiger partial charge in [0.25, 0.3) is 11.5 Å². The highest BCUT2D eigenvalue weighted by Gasteiger charge is 2.25. The topological polar surface area (TPSA) is 62.5 Å². The van der Waals surface area contributed by atoms with Gasteiger partial charge in [0.05, 0.1) is 6.54 Å². The van der Waals surface area contributed by atoms with Crippen molar-refractivity contribution in [2.75, 3.05) is 19.7 Å². The number of rotatable bonds is 4. The molecule has 0 radical (unpaired) electrons. The van der Waals surface area contributed by atoms with Crippen LogP contribution in [0.1, 0.15) is 28.8 Å². The summed E-state index contributed by atoms with van der Waals surface area (Å²) in [7, 11) is 0. The Kier molecular flexibility index (Phi) is 5.28. The van der Waals surface area contributed by atoms with Gasteiger partial charge >= 0.3 is 0 Å². The minimum atomic E-state index is -0.417. The minimum Gasteiger partial charge on any atom is -0.396 e. The highest BCUT2D eigenvalue weighted by Crippen LogP contribution is 2.17. The molecule has 0 unspecified atom stereocenters. The number of halogens is 1. The summed E-state index contributed by atoms with van der Waals surface area (Å²) in [4.78, 5) is 27.0. The maximum absolute atomic E-state index is 13.8. The Morgan fingerprint density at radius 1 is 1.16 bits per heavy atom. The summed E-state index contributed by atoms with van der Waals surface area (Å²) in [6.45, 7) is 1.28.